The van der Waals surface area contributed by atoms with Gasteiger partial charge < -0.3 is 0 Å². The lowest BCUT2D eigenvalue weighted by Crippen LogP contribution is -2.24. The van der Waals surface area contributed by atoms with Crippen molar-refractivity contribution in [3.8, 4) is 0 Å². The van der Waals surface area contributed by atoms with Crippen LogP contribution in [-0.4, -0.2) is 16.6 Å². The molecule has 0 aliphatic heterocycles. The molecule has 0 amide bonds. The second-order valence-electron chi connectivity index (χ2n) is 5.11. The van der Waals surface area contributed by atoms with Crippen LogP contribution in [0.2, 0.25) is 0 Å². The highest BCUT2D eigenvalue weighted by Gasteiger charge is 2.37. The molecule has 0 radical (unpaired) electrons. The predicted molar refractivity (Wildman–Crippen MR) is 71.1 cm³/mol. The van der Waals surface area contributed by atoms with Crippen molar-refractivity contribution >= 4 is 17.7 Å². The Bertz CT molecular complexity index is 486. The second-order valence-corrected chi connectivity index (χ2v) is 6.70. The van der Waals surface area contributed by atoms with Crippen molar-refractivity contribution in [3.63, 3.8) is 0 Å². The van der Waals surface area contributed by atoms with Crippen LogP contribution in [0.1, 0.15) is 31.9 Å². The maximum absolute atomic E-state index is 13.1. The number of alkyl halides is 3. The number of aryl methyl sites for hydroxylation is 1. The number of nitrogens with zero attached hydrogens (tertiary/aromatic N) is 1. The summed E-state index contributed by atoms with van der Waals surface area (Å²) in [7, 11) is 0. The van der Waals surface area contributed by atoms with E-state index in [2.05, 4.69) is 4.40 Å². The number of benzene rings is 1. The van der Waals surface area contributed by atoms with Crippen molar-refractivity contribution in [2.45, 2.75) is 38.6 Å². The predicted octanol–water partition coefficient (Wildman–Crippen LogP) is 4.93. The Morgan fingerprint density at radius 3 is 2.16 bits per heavy atom. The normalized spacial score (nSPS) is 13.8. The molecule has 0 atom stereocenters. The molecule has 6 heteroatoms. The van der Waals surface area contributed by atoms with Gasteiger partial charge in [0.2, 0.25) is 0 Å². The van der Waals surface area contributed by atoms with Crippen molar-refractivity contribution < 1.29 is 17.6 Å². The first-order valence-corrected chi connectivity index (χ1v) is 6.38. The lowest BCUT2D eigenvalue weighted by molar-refractivity contribution is -0.0578. The van der Waals surface area contributed by atoms with E-state index in [1.807, 2.05) is 0 Å². The van der Waals surface area contributed by atoms with Gasteiger partial charge in [0.05, 0.1) is 0 Å². The van der Waals surface area contributed by atoms with Gasteiger partial charge in [-0.3, -0.25) is 0 Å². The zero-order valence-corrected chi connectivity index (χ0v) is 11.9. The third-order valence-electron chi connectivity index (χ3n) is 2.11. The van der Waals surface area contributed by atoms with Gasteiger partial charge in [0.1, 0.15) is 5.82 Å². The molecule has 0 saturated carbocycles. The summed E-state index contributed by atoms with van der Waals surface area (Å²) in [4.78, 5) is 0. The van der Waals surface area contributed by atoms with Gasteiger partial charge in [-0.05, 0) is 63.4 Å². The quantitative estimate of drug-likeness (QED) is 0.428. The van der Waals surface area contributed by atoms with Gasteiger partial charge in [0.15, 0.2) is 5.71 Å². The minimum atomic E-state index is -4.57. The lowest BCUT2D eigenvalue weighted by atomic mass is 10.1. The topological polar surface area (TPSA) is 12.4 Å². The van der Waals surface area contributed by atoms with Crippen molar-refractivity contribution in [1.29, 1.82) is 0 Å². The van der Waals surface area contributed by atoms with Crippen LogP contribution in [0.3, 0.4) is 0 Å². The highest BCUT2D eigenvalue weighted by atomic mass is 32.2. The second kappa shape index (κ2) is 5.53. The van der Waals surface area contributed by atoms with Crippen molar-refractivity contribution in [2.75, 3.05) is 0 Å². The summed E-state index contributed by atoms with van der Waals surface area (Å²) in [6, 6.07) is 3.27. The minimum absolute atomic E-state index is 0.122. The zero-order chi connectivity index (χ0) is 14.8. The van der Waals surface area contributed by atoms with Gasteiger partial charge >= 0.3 is 6.18 Å². The first-order valence-electron chi connectivity index (χ1n) is 5.60. The van der Waals surface area contributed by atoms with E-state index in [-0.39, 0.29) is 11.1 Å². The van der Waals surface area contributed by atoms with Crippen molar-refractivity contribution in [2.24, 2.45) is 4.40 Å². The van der Waals surface area contributed by atoms with E-state index < -0.39 is 22.5 Å². The number of hydrogen-bond acceptors (Lipinski definition) is 2. The Balaban J connectivity index is 3.21. The van der Waals surface area contributed by atoms with E-state index >= 15 is 0 Å². The fourth-order valence-electron chi connectivity index (χ4n) is 1.24. The first-order chi connectivity index (χ1) is 8.50. The molecule has 0 N–H and O–H groups in total. The zero-order valence-electron chi connectivity index (χ0n) is 11.1. The fourth-order valence-corrected chi connectivity index (χ4v) is 1.82. The van der Waals surface area contributed by atoms with Crippen LogP contribution in [-0.2, 0) is 0 Å². The van der Waals surface area contributed by atoms with Crippen LogP contribution in [0.15, 0.2) is 22.6 Å². The smallest absolute Gasteiger partial charge is 0.210 e. The molecule has 0 bridgehead atoms. The maximum Gasteiger partial charge on any atom is 0.434 e. The third-order valence-corrected chi connectivity index (χ3v) is 2.93. The number of halogens is 4. The molecular formula is C13H15F4NS. The van der Waals surface area contributed by atoms with Gasteiger partial charge in [-0.2, -0.15) is 13.2 Å². The largest absolute Gasteiger partial charge is 0.434 e. The van der Waals surface area contributed by atoms with Gasteiger partial charge in [0.25, 0.3) is 0 Å². The average Bonchev–Trinajstić information content (AvgIpc) is 2.19. The summed E-state index contributed by atoms with van der Waals surface area (Å²) in [5, 5.41) is 0. The molecule has 106 valence electrons. The van der Waals surface area contributed by atoms with E-state index in [1.54, 1.807) is 20.8 Å². The Morgan fingerprint density at radius 2 is 1.74 bits per heavy atom. The maximum atomic E-state index is 13.1. The van der Waals surface area contributed by atoms with E-state index in [0.29, 0.717) is 0 Å². The van der Waals surface area contributed by atoms with E-state index in [1.165, 1.54) is 6.92 Å². The molecule has 0 heterocycles. The lowest BCUT2D eigenvalue weighted by Gasteiger charge is -2.16. The standard InChI is InChI=1S/C13H15F4NS/c1-8-7-9(5-6-10(8)14)11(13(15,16)17)18-19-12(2,3)4/h5-7H,1-4H3/b18-11-. The number of rotatable bonds is 2. The third kappa shape index (κ3) is 4.86. The Hall–Kier alpha value is -1.04. The Labute approximate surface area is 114 Å². The average molecular weight is 293 g/mol. The molecule has 0 fully saturated rings. The summed E-state index contributed by atoms with van der Waals surface area (Å²) < 4.78 is 55.2. The van der Waals surface area contributed by atoms with E-state index in [9.17, 15) is 17.6 Å². The number of hydrogen-bond donors (Lipinski definition) is 0. The molecular weight excluding hydrogens is 278 g/mol. The SMILES string of the molecule is Cc1cc(/C(=N/SC(C)(C)C)C(F)(F)F)ccc1F. The first kappa shape index (κ1) is 16.0. The molecule has 19 heavy (non-hydrogen) atoms. The van der Waals surface area contributed by atoms with Crippen LogP contribution in [0, 0.1) is 12.7 Å². The van der Waals surface area contributed by atoms with Crippen LogP contribution in [0.4, 0.5) is 17.6 Å². The molecule has 0 saturated heterocycles. The van der Waals surface area contributed by atoms with Gasteiger partial charge in [-0.25, -0.2) is 8.79 Å². The van der Waals surface area contributed by atoms with Gasteiger partial charge in [-0.1, -0.05) is 0 Å². The molecule has 0 aliphatic carbocycles. The molecule has 1 aromatic rings. The molecule has 1 rings (SSSR count). The summed E-state index contributed by atoms with van der Waals surface area (Å²) in [6.45, 7) is 6.73. The summed E-state index contributed by atoms with van der Waals surface area (Å²) in [5.41, 5.74) is -0.950. The van der Waals surface area contributed by atoms with Gasteiger partial charge in [0, 0.05) is 10.3 Å². The van der Waals surface area contributed by atoms with Crippen molar-refractivity contribution in [3.05, 3.63) is 35.1 Å². The minimum Gasteiger partial charge on any atom is -0.210 e. The Kier molecular flexibility index (Phi) is 4.66. The Morgan fingerprint density at radius 1 is 1.16 bits per heavy atom. The fraction of sp³-hybridized carbons (Fsp3) is 0.462. The van der Waals surface area contributed by atoms with Gasteiger partial charge in [-0.15, -0.1) is 0 Å². The van der Waals surface area contributed by atoms with Crippen LogP contribution in [0.5, 0.6) is 0 Å². The molecule has 1 aromatic carbocycles. The summed E-state index contributed by atoms with van der Waals surface area (Å²) in [5.74, 6) is -0.534. The summed E-state index contributed by atoms with van der Waals surface area (Å²) >= 11 is 0.848. The molecule has 0 unspecified atom stereocenters. The molecule has 1 nitrogen and oxygen atoms in total. The highest BCUT2D eigenvalue weighted by Crippen LogP contribution is 2.30. The highest BCUT2D eigenvalue weighted by molar-refractivity contribution is 7.99. The molecule has 0 spiro atoms. The summed E-state index contributed by atoms with van der Waals surface area (Å²) in [6.07, 6.45) is -4.57. The van der Waals surface area contributed by atoms with E-state index in [4.69, 9.17) is 0 Å². The van der Waals surface area contributed by atoms with Crippen molar-refractivity contribution in [1.82, 2.24) is 0 Å². The monoisotopic (exact) mass is 293 g/mol. The molecule has 0 aromatic heterocycles. The van der Waals surface area contributed by atoms with Crippen LogP contribution >= 0.6 is 11.9 Å². The van der Waals surface area contributed by atoms with E-state index in [0.717, 1.165) is 30.1 Å². The molecule has 0 aliphatic rings. The van der Waals surface area contributed by atoms with Crippen LogP contribution < -0.4 is 0 Å². The van der Waals surface area contributed by atoms with Crippen LogP contribution in [0.25, 0.3) is 0 Å².